The first-order valence-electron chi connectivity index (χ1n) is 9.78. The molecule has 0 saturated carbocycles. The third kappa shape index (κ3) is 2.53. The van der Waals surface area contributed by atoms with Crippen LogP contribution in [0.1, 0.15) is 40.9 Å². The van der Waals surface area contributed by atoms with E-state index >= 15 is 0 Å². The largest absolute Gasteiger partial charge is 0.456 e. The van der Waals surface area contributed by atoms with E-state index in [1.165, 1.54) is 0 Å². The minimum Gasteiger partial charge on any atom is -0.456 e. The Morgan fingerprint density at radius 2 is 1.59 bits per heavy atom. The second-order valence-electron chi connectivity index (χ2n) is 7.21. The molecule has 0 N–H and O–H groups in total. The quantitative estimate of drug-likeness (QED) is 0.469. The highest BCUT2D eigenvalue weighted by molar-refractivity contribution is 9.10. The fourth-order valence-corrected chi connectivity index (χ4v) is 4.76. The molecule has 5 rings (SSSR count). The van der Waals surface area contributed by atoms with Crippen LogP contribution in [0, 0.1) is 0 Å². The van der Waals surface area contributed by atoms with Crippen LogP contribution in [-0.4, -0.2) is 19.1 Å². The van der Waals surface area contributed by atoms with Gasteiger partial charge in [0.2, 0.25) is 0 Å². The van der Waals surface area contributed by atoms with Gasteiger partial charge in [-0.1, -0.05) is 34.1 Å². The normalized spacial score (nSPS) is 18.5. The number of anilines is 1. The lowest BCUT2D eigenvalue weighted by Crippen LogP contribution is -2.33. The van der Waals surface area contributed by atoms with Crippen LogP contribution in [-0.2, 0) is 10.3 Å². The number of fused-ring (bicyclic) bond motifs is 6. The van der Waals surface area contributed by atoms with Gasteiger partial charge in [-0.15, -0.1) is 0 Å². The summed E-state index contributed by atoms with van der Waals surface area (Å²) < 4.78 is 13.4. The molecule has 2 aliphatic rings. The van der Waals surface area contributed by atoms with Crippen LogP contribution in [0.4, 0.5) is 5.69 Å². The Hall–Kier alpha value is -2.79. The summed E-state index contributed by atoms with van der Waals surface area (Å²) in [5, 5.41) is 0. The van der Waals surface area contributed by atoms with E-state index in [1.54, 1.807) is 0 Å². The van der Waals surface area contributed by atoms with Crippen LogP contribution in [0.15, 0.2) is 65.1 Å². The molecule has 3 aromatic carbocycles. The molecule has 0 saturated heterocycles. The van der Waals surface area contributed by atoms with Crippen molar-refractivity contribution in [1.29, 1.82) is 0 Å². The zero-order valence-corrected chi connectivity index (χ0v) is 17.8. The van der Waals surface area contributed by atoms with E-state index in [0.29, 0.717) is 17.1 Å². The Balaban J connectivity index is 1.80. The molecule has 0 aromatic heterocycles. The number of benzene rings is 3. The van der Waals surface area contributed by atoms with Gasteiger partial charge in [0.25, 0.3) is 0 Å². The summed E-state index contributed by atoms with van der Waals surface area (Å²) in [5.74, 6) is 1.09. The van der Waals surface area contributed by atoms with E-state index in [1.807, 2.05) is 54.6 Å². The van der Waals surface area contributed by atoms with E-state index in [2.05, 4.69) is 40.7 Å². The van der Waals surface area contributed by atoms with Crippen molar-refractivity contribution >= 4 is 27.6 Å². The standard InChI is InChI=1S/C24H20BrNO3/c1-3-26(4-2)16-10-12-20-22(14-16)28-21-13-15(25)9-11-19(21)24(20)18-8-6-5-7-17(18)23(27)29-24/h5-14H,3-4H2,1-2H3/t24-/m1/s1. The number of ether oxygens (including phenoxy) is 2. The van der Waals surface area contributed by atoms with Crippen LogP contribution < -0.4 is 9.64 Å². The van der Waals surface area contributed by atoms with E-state index in [0.717, 1.165) is 39.9 Å². The molecule has 146 valence electrons. The number of esters is 1. The zero-order valence-electron chi connectivity index (χ0n) is 16.2. The highest BCUT2D eigenvalue weighted by atomic mass is 79.9. The summed E-state index contributed by atoms with van der Waals surface area (Å²) in [5.41, 5.74) is 3.22. The van der Waals surface area contributed by atoms with Gasteiger partial charge in [0.05, 0.1) is 5.56 Å². The molecule has 0 fully saturated rings. The first kappa shape index (κ1) is 18.3. The molecule has 1 atom stereocenters. The predicted octanol–water partition coefficient (Wildman–Crippen LogP) is 5.86. The van der Waals surface area contributed by atoms with E-state index < -0.39 is 5.60 Å². The second-order valence-corrected chi connectivity index (χ2v) is 8.13. The lowest BCUT2D eigenvalue weighted by molar-refractivity contribution is 0.0224. The number of hydrogen-bond donors (Lipinski definition) is 0. The first-order chi connectivity index (χ1) is 14.1. The van der Waals surface area contributed by atoms with Crippen molar-refractivity contribution in [2.75, 3.05) is 18.0 Å². The van der Waals surface area contributed by atoms with Crippen LogP contribution in [0.25, 0.3) is 0 Å². The topological polar surface area (TPSA) is 38.8 Å². The summed E-state index contributed by atoms with van der Waals surface area (Å²) >= 11 is 3.54. The monoisotopic (exact) mass is 449 g/mol. The summed E-state index contributed by atoms with van der Waals surface area (Å²) in [6.07, 6.45) is 0. The lowest BCUT2D eigenvalue weighted by Gasteiger charge is -2.37. The molecule has 4 nitrogen and oxygen atoms in total. The predicted molar refractivity (Wildman–Crippen MR) is 116 cm³/mol. The first-order valence-corrected chi connectivity index (χ1v) is 10.6. The number of halogens is 1. The Labute approximate surface area is 178 Å². The molecule has 0 bridgehead atoms. The fraction of sp³-hybridized carbons (Fsp3) is 0.208. The third-order valence-electron chi connectivity index (χ3n) is 5.79. The molecule has 5 heteroatoms. The van der Waals surface area contributed by atoms with Gasteiger partial charge in [-0.2, -0.15) is 0 Å². The van der Waals surface area contributed by atoms with Crippen molar-refractivity contribution < 1.29 is 14.3 Å². The van der Waals surface area contributed by atoms with Crippen LogP contribution in [0.5, 0.6) is 11.5 Å². The Morgan fingerprint density at radius 1 is 0.897 bits per heavy atom. The maximum absolute atomic E-state index is 12.8. The minimum atomic E-state index is -1.00. The van der Waals surface area contributed by atoms with Crippen LogP contribution in [0.2, 0.25) is 0 Å². The number of rotatable bonds is 3. The lowest BCUT2D eigenvalue weighted by atomic mass is 9.77. The Bertz CT molecular complexity index is 1140. The van der Waals surface area contributed by atoms with Crippen molar-refractivity contribution in [1.82, 2.24) is 0 Å². The van der Waals surface area contributed by atoms with Crippen molar-refractivity contribution in [2.24, 2.45) is 0 Å². The molecule has 2 aliphatic heterocycles. The average Bonchev–Trinajstić information content (AvgIpc) is 3.02. The van der Waals surface area contributed by atoms with Crippen molar-refractivity contribution in [3.63, 3.8) is 0 Å². The van der Waals surface area contributed by atoms with Gasteiger partial charge in [0.15, 0.2) is 5.60 Å². The van der Waals surface area contributed by atoms with Crippen LogP contribution >= 0.6 is 15.9 Å². The molecule has 0 unspecified atom stereocenters. The summed E-state index contributed by atoms with van der Waals surface area (Å²) in [6, 6.07) is 19.6. The third-order valence-corrected chi connectivity index (χ3v) is 6.28. The fourth-order valence-electron chi connectivity index (χ4n) is 4.42. The van der Waals surface area contributed by atoms with E-state index in [-0.39, 0.29) is 5.97 Å². The molecular formula is C24H20BrNO3. The van der Waals surface area contributed by atoms with Gasteiger partial charge < -0.3 is 14.4 Å². The minimum absolute atomic E-state index is 0.310. The van der Waals surface area contributed by atoms with Gasteiger partial charge in [-0.25, -0.2) is 4.79 Å². The molecule has 0 amide bonds. The maximum Gasteiger partial charge on any atom is 0.340 e. The number of carbonyl (C=O) groups excluding carboxylic acids is 1. The van der Waals surface area contributed by atoms with Gasteiger partial charge in [0, 0.05) is 46.0 Å². The highest BCUT2D eigenvalue weighted by Gasteiger charge is 2.53. The SMILES string of the molecule is CCN(CC)c1ccc2c(c1)Oc1cc(Br)ccc1[C@@]21OC(=O)c2ccccc21. The smallest absolute Gasteiger partial charge is 0.340 e. The van der Waals surface area contributed by atoms with Gasteiger partial charge >= 0.3 is 5.97 Å². The molecule has 1 spiro atoms. The number of nitrogens with zero attached hydrogens (tertiary/aromatic N) is 1. The van der Waals surface area contributed by atoms with Crippen molar-refractivity contribution in [2.45, 2.75) is 19.4 Å². The zero-order chi connectivity index (χ0) is 20.2. The molecule has 3 aromatic rings. The molecule has 0 aliphatic carbocycles. The van der Waals surface area contributed by atoms with Gasteiger partial charge in [-0.3, -0.25) is 0 Å². The summed E-state index contributed by atoms with van der Waals surface area (Å²) in [7, 11) is 0. The number of carbonyl (C=O) groups is 1. The number of hydrogen-bond acceptors (Lipinski definition) is 4. The van der Waals surface area contributed by atoms with Crippen LogP contribution in [0.3, 0.4) is 0 Å². The maximum atomic E-state index is 12.8. The molecular weight excluding hydrogens is 430 g/mol. The molecule has 0 radical (unpaired) electrons. The van der Waals surface area contributed by atoms with Gasteiger partial charge in [-0.05, 0) is 50.2 Å². The van der Waals surface area contributed by atoms with Gasteiger partial charge in [0.1, 0.15) is 11.5 Å². The Morgan fingerprint density at radius 3 is 2.34 bits per heavy atom. The highest BCUT2D eigenvalue weighted by Crippen LogP contribution is 2.56. The van der Waals surface area contributed by atoms with E-state index in [4.69, 9.17) is 9.47 Å². The summed E-state index contributed by atoms with van der Waals surface area (Å²) in [6.45, 7) is 6.07. The molecule has 2 heterocycles. The van der Waals surface area contributed by atoms with E-state index in [9.17, 15) is 4.79 Å². The van der Waals surface area contributed by atoms with Crippen molar-refractivity contribution in [3.05, 3.63) is 87.4 Å². The molecule has 29 heavy (non-hydrogen) atoms. The van der Waals surface area contributed by atoms with Crippen molar-refractivity contribution in [3.8, 4) is 11.5 Å². The second kappa shape index (κ2) is 6.63. The summed E-state index contributed by atoms with van der Waals surface area (Å²) in [4.78, 5) is 15.1. The Kier molecular flexibility index (Phi) is 4.17. The average molecular weight is 450 g/mol.